The molecule has 0 spiro atoms. The summed E-state index contributed by atoms with van der Waals surface area (Å²) in [6, 6.07) is 14.0. The number of piperidine rings is 1. The fourth-order valence-electron chi connectivity index (χ4n) is 2.91. The number of rotatable bonds is 6. The first-order chi connectivity index (χ1) is 12.2. The van der Waals surface area contributed by atoms with E-state index in [1.165, 1.54) is 12.1 Å². The molecule has 4 nitrogen and oxygen atoms in total. The fraction of sp³-hybridized carbons (Fsp3) is 0.350. The number of nitrogens with one attached hydrogen (secondary N) is 2. The van der Waals surface area contributed by atoms with Gasteiger partial charge in [-0.2, -0.15) is 0 Å². The van der Waals surface area contributed by atoms with E-state index in [1.54, 1.807) is 6.07 Å². The quantitative estimate of drug-likeness (QED) is 0.809. The van der Waals surface area contributed by atoms with E-state index in [0.717, 1.165) is 42.8 Å². The number of benzene rings is 2. The zero-order valence-electron chi connectivity index (χ0n) is 14.5. The van der Waals surface area contributed by atoms with Crippen molar-refractivity contribution in [2.24, 2.45) is 5.92 Å². The Labute approximate surface area is 159 Å². The summed E-state index contributed by atoms with van der Waals surface area (Å²) in [6.07, 6.45) is 2.00. The van der Waals surface area contributed by atoms with Crippen LogP contribution in [0.1, 0.15) is 24.0 Å². The van der Waals surface area contributed by atoms with Crippen LogP contribution in [0.2, 0.25) is 0 Å². The molecule has 1 heterocycles. The number of halogens is 2. The van der Waals surface area contributed by atoms with Gasteiger partial charge in [-0.3, -0.25) is 4.79 Å². The van der Waals surface area contributed by atoms with Gasteiger partial charge < -0.3 is 15.4 Å². The maximum absolute atomic E-state index is 13.1. The molecule has 0 saturated carbocycles. The molecule has 1 fully saturated rings. The third-order valence-electron chi connectivity index (χ3n) is 4.35. The van der Waals surface area contributed by atoms with Crippen LogP contribution in [-0.2, 0) is 17.9 Å². The summed E-state index contributed by atoms with van der Waals surface area (Å²) < 4.78 is 18.8. The third kappa shape index (κ3) is 6.00. The van der Waals surface area contributed by atoms with Crippen LogP contribution in [0, 0.1) is 11.7 Å². The minimum Gasteiger partial charge on any atom is -0.489 e. The van der Waals surface area contributed by atoms with Crippen LogP contribution in [0.25, 0.3) is 0 Å². The van der Waals surface area contributed by atoms with Gasteiger partial charge in [0.2, 0.25) is 5.91 Å². The van der Waals surface area contributed by atoms with Crippen molar-refractivity contribution < 1.29 is 13.9 Å². The molecule has 1 aliphatic heterocycles. The van der Waals surface area contributed by atoms with E-state index in [-0.39, 0.29) is 30.0 Å². The molecule has 0 radical (unpaired) electrons. The molecule has 1 saturated heterocycles. The molecule has 1 atom stereocenters. The van der Waals surface area contributed by atoms with Crippen LogP contribution in [0.4, 0.5) is 4.39 Å². The van der Waals surface area contributed by atoms with Crippen LogP contribution in [-0.4, -0.2) is 19.0 Å². The highest BCUT2D eigenvalue weighted by molar-refractivity contribution is 5.85. The zero-order valence-corrected chi connectivity index (χ0v) is 15.4. The van der Waals surface area contributed by atoms with Gasteiger partial charge in [-0.1, -0.05) is 24.3 Å². The van der Waals surface area contributed by atoms with Gasteiger partial charge in [0, 0.05) is 13.1 Å². The fourth-order valence-corrected chi connectivity index (χ4v) is 2.91. The Morgan fingerprint density at radius 2 is 2.00 bits per heavy atom. The molecular formula is C20H24ClFN2O2. The van der Waals surface area contributed by atoms with E-state index in [4.69, 9.17) is 4.74 Å². The van der Waals surface area contributed by atoms with Crippen LogP contribution in [0.3, 0.4) is 0 Å². The Morgan fingerprint density at radius 3 is 2.69 bits per heavy atom. The summed E-state index contributed by atoms with van der Waals surface area (Å²) in [5, 5.41) is 6.24. The van der Waals surface area contributed by atoms with E-state index in [0.29, 0.717) is 13.2 Å². The minimum atomic E-state index is -0.264. The summed E-state index contributed by atoms with van der Waals surface area (Å²) >= 11 is 0. The van der Waals surface area contributed by atoms with Crippen molar-refractivity contribution in [3.8, 4) is 5.75 Å². The average Bonchev–Trinajstić information content (AvgIpc) is 2.66. The first-order valence-corrected chi connectivity index (χ1v) is 8.65. The van der Waals surface area contributed by atoms with Crippen molar-refractivity contribution in [1.29, 1.82) is 0 Å². The summed E-state index contributed by atoms with van der Waals surface area (Å²) in [6.45, 7) is 2.60. The standard InChI is InChI=1S/C20H23FN2O2.ClH/c21-18-5-1-3-16(11-18)14-25-19-8-6-15(7-9-19)12-23-20(24)17-4-2-10-22-13-17;/h1,3,5-9,11,17,22H,2,4,10,12-14H2,(H,23,24);1H. The molecule has 2 aromatic rings. The van der Waals surface area contributed by atoms with E-state index >= 15 is 0 Å². The third-order valence-corrected chi connectivity index (χ3v) is 4.35. The molecule has 2 aromatic carbocycles. The van der Waals surface area contributed by atoms with Crippen molar-refractivity contribution >= 4 is 18.3 Å². The van der Waals surface area contributed by atoms with Crippen LogP contribution in [0.15, 0.2) is 48.5 Å². The second-order valence-corrected chi connectivity index (χ2v) is 6.32. The van der Waals surface area contributed by atoms with Gasteiger partial charge >= 0.3 is 0 Å². The van der Waals surface area contributed by atoms with E-state index < -0.39 is 0 Å². The van der Waals surface area contributed by atoms with Crippen molar-refractivity contribution in [3.63, 3.8) is 0 Å². The maximum Gasteiger partial charge on any atom is 0.224 e. The lowest BCUT2D eigenvalue weighted by molar-refractivity contribution is -0.125. The molecule has 3 rings (SSSR count). The summed E-state index contributed by atoms with van der Waals surface area (Å²) in [5.74, 6) is 0.637. The summed E-state index contributed by atoms with van der Waals surface area (Å²) in [5.41, 5.74) is 1.81. The van der Waals surface area contributed by atoms with Crippen molar-refractivity contribution in [2.45, 2.75) is 26.0 Å². The lowest BCUT2D eigenvalue weighted by Gasteiger charge is -2.21. The van der Waals surface area contributed by atoms with Crippen molar-refractivity contribution in [1.82, 2.24) is 10.6 Å². The van der Waals surface area contributed by atoms with E-state index in [2.05, 4.69) is 10.6 Å². The SMILES string of the molecule is Cl.O=C(NCc1ccc(OCc2cccc(F)c2)cc1)C1CCCNC1. The number of hydrogen-bond donors (Lipinski definition) is 2. The predicted molar refractivity (Wildman–Crippen MR) is 102 cm³/mol. The topological polar surface area (TPSA) is 50.4 Å². The molecule has 1 aliphatic rings. The lowest BCUT2D eigenvalue weighted by atomic mass is 9.99. The second kappa shape index (κ2) is 10.1. The van der Waals surface area contributed by atoms with Crippen LogP contribution in [0.5, 0.6) is 5.75 Å². The highest BCUT2D eigenvalue weighted by Gasteiger charge is 2.20. The molecule has 140 valence electrons. The smallest absolute Gasteiger partial charge is 0.224 e. The van der Waals surface area contributed by atoms with Gasteiger partial charge in [0.25, 0.3) is 0 Å². The van der Waals surface area contributed by atoms with Gasteiger partial charge in [-0.25, -0.2) is 4.39 Å². The highest BCUT2D eigenvalue weighted by Crippen LogP contribution is 2.15. The largest absolute Gasteiger partial charge is 0.489 e. The van der Waals surface area contributed by atoms with E-state index in [9.17, 15) is 9.18 Å². The molecule has 6 heteroatoms. The molecule has 1 unspecified atom stereocenters. The monoisotopic (exact) mass is 378 g/mol. The number of carbonyl (C=O) groups excluding carboxylic acids is 1. The minimum absolute atomic E-state index is 0. The molecule has 26 heavy (non-hydrogen) atoms. The molecule has 1 amide bonds. The number of carbonyl (C=O) groups is 1. The Morgan fingerprint density at radius 1 is 1.19 bits per heavy atom. The maximum atomic E-state index is 13.1. The number of ether oxygens (including phenoxy) is 1. The molecular weight excluding hydrogens is 355 g/mol. The van der Waals surface area contributed by atoms with Crippen LogP contribution >= 0.6 is 12.4 Å². The Bertz CT molecular complexity index is 703. The molecule has 0 aliphatic carbocycles. The Balaban J connectivity index is 0.00000243. The van der Waals surface area contributed by atoms with Crippen LogP contribution < -0.4 is 15.4 Å². The number of amides is 1. The van der Waals surface area contributed by atoms with Gasteiger partial charge in [0.05, 0.1) is 5.92 Å². The Hall–Kier alpha value is -2.11. The molecule has 2 N–H and O–H groups in total. The predicted octanol–water partition coefficient (Wildman–Crippen LogP) is 3.44. The normalized spacial score (nSPS) is 16.4. The first kappa shape index (κ1) is 20.2. The van der Waals surface area contributed by atoms with Crippen molar-refractivity contribution in [2.75, 3.05) is 13.1 Å². The number of hydrogen-bond acceptors (Lipinski definition) is 3. The zero-order chi connectivity index (χ0) is 17.5. The molecule has 0 bridgehead atoms. The lowest BCUT2D eigenvalue weighted by Crippen LogP contribution is -2.40. The van der Waals surface area contributed by atoms with Gasteiger partial charge in [0.15, 0.2) is 0 Å². The molecule has 0 aromatic heterocycles. The van der Waals surface area contributed by atoms with Gasteiger partial charge in [-0.05, 0) is 54.8 Å². The van der Waals surface area contributed by atoms with Gasteiger partial charge in [-0.15, -0.1) is 12.4 Å². The average molecular weight is 379 g/mol. The second-order valence-electron chi connectivity index (χ2n) is 6.32. The van der Waals surface area contributed by atoms with E-state index in [1.807, 2.05) is 30.3 Å². The summed E-state index contributed by atoms with van der Waals surface area (Å²) in [7, 11) is 0. The first-order valence-electron chi connectivity index (χ1n) is 8.65. The highest BCUT2D eigenvalue weighted by atomic mass is 35.5. The van der Waals surface area contributed by atoms with Gasteiger partial charge in [0.1, 0.15) is 18.2 Å². The van der Waals surface area contributed by atoms with Crippen molar-refractivity contribution in [3.05, 3.63) is 65.5 Å². The Kier molecular flexibility index (Phi) is 7.88. The summed E-state index contributed by atoms with van der Waals surface area (Å²) in [4.78, 5) is 12.1.